The van der Waals surface area contributed by atoms with Gasteiger partial charge in [-0.2, -0.15) is 0 Å². The van der Waals surface area contributed by atoms with E-state index >= 15 is 0 Å². The number of hydrogen-bond acceptors (Lipinski definition) is 0. The van der Waals surface area contributed by atoms with Crippen molar-refractivity contribution in [2.75, 3.05) is 0 Å². The van der Waals surface area contributed by atoms with E-state index in [1.54, 1.807) is 15.8 Å². The number of rotatable bonds is 4. The fraction of sp³-hybridized carbons (Fsp3) is 0.800. The normalized spacial score (nSPS) is 15.8. The van der Waals surface area contributed by atoms with E-state index in [0.717, 1.165) is 0 Å². The highest BCUT2D eigenvalue weighted by atomic mass is 29.5. The van der Waals surface area contributed by atoms with Crippen LogP contribution in [0.1, 0.15) is 20.3 Å². The molecule has 0 saturated heterocycles. The lowest BCUT2D eigenvalue weighted by molar-refractivity contribution is 1.18. The van der Waals surface area contributed by atoms with Gasteiger partial charge in [0.15, 0.2) is 0 Å². The minimum atomic E-state index is -0.117. The molecule has 0 aromatic rings. The minimum absolute atomic E-state index is 0.117. The summed E-state index contributed by atoms with van der Waals surface area (Å²) in [5, 5.41) is 0. The summed E-state index contributed by atoms with van der Waals surface area (Å²) >= 11 is 0. The maximum absolute atomic E-state index is 2.64. The Morgan fingerprint density at radius 2 is 2.25 bits per heavy atom. The summed E-state index contributed by atoms with van der Waals surface area (Å²) in [5.74, 6) is 0. The Balaban J connectivity index is 3.07. The SMILES string of the molecule is CC[CH][SiH](CC)[SiH2][SiH3]. The van der Waals surface area contributed by atoms with Crippen LogP contribution in [-0.2, 0) is 0 Å². The fourth-order valence-corrected chi connectivity index (χ4v) is 14.8. The van der Waals surface area contributed by atoms with Crippen LogP contribution in [0.5, 0.6) is 0 Å². The third-order valence-electron chi connectivity index (χ3n) is 1.62. The lowest BCUT2D eigenvalue weighted by atomic mass is 10.6. The zero-order valence-electron chi connectivity index (χ0n) is 6.28. The molecular weight excluding hydrogens is 144 g/mol. The third-order valence-corrected chi connectivity index (χ3v) is 20.2. The summed E-state index contributed by atoms with van der Waals surface area (Å²) in [4.78, 5) is 0. The molecule has 0 aromatic heterocycles. The molecule has 0 heterocycles. The van der Waals surface area contributed by atoms with Gasteiger partial charge < -0.3 is 0 Å². The van der Waals surface area contributed by atoms with E-state index in [4.69, 9.17) is 0 Å². The molecule has 0 bridgehead atoms. The zero-order valence-corrected chi connectivity index (χ0v) is 10.8. The Morgan fingerprint density at radius 1 is 1.62 bits per heavy atom. The van der Waals surface area contributed by atoms with Gasteiger partial charge >= 0.3 is 0 Å². The average molecular weight is 161 g/mol. The van der Waals surface area contributed by atoms with E-state index in [-0.39, 0.29) is 8.31 Å². The molecule has 0 aliphatic heterocycles. The van der Waals surface area contributed by atoms with Crippen molar-refractivity contribution in [1.29, 1.82) is 0 Å². The Morgan fingerprint density at radius 3 is 2.38 bits per heavy atom. The second kappa shape index (κ2) is 5.78. The molecule has 0 N–H and O–H groups in total. The van der Waals surface area contributed by atoms with Gasteiger partial charge in [-0.1, -0.05) is 32.4 Å². The predicted octanol–water partition coefficient (Wildman–Crippen LogP) is -0.667. The van der Waals surface area contributed by atoms with Gasteiger partial charge in [0.1, 0.15) is 0 Å². The first-order chi connectivity index (χ1) is 3.85. The smallest absolute Gasteiger partial charge is 0.0236 e. The molecule has 0 fully saturated rings. The van der Waals surface area contributed by atoms with Gasteiger partial charge in [0.05, 0.1) is 0 Å². The molecule has 3 heteroatoms. The molecule has 1 radical (unpaired) electrons. The van der Waals surface area contributed by atoms with E-state index in [9.17, 15) is 0 Å². The standard InChI is InChI=1S/C5H17Si3/c1-3-5-8(4-2)7-6/h5,8H,3-4,7H2,1-2,6H3. The van der Waals surface area contributed by atoms with Crippen molar-refractivity contribution in [2.45, 2.75) is 26.3 Å². The molecule has 49 valence electrons. The summed E-state index contributed by atoms with van der Waals surface area (Å²) in [5.41, 5.74) is 0. The molecule has 1 unspecified atom stereocenters. The topological polar surface area (TPSA) is 0 Å². The van der Waals surface area contributed by atoms with Gasteiger partial charge in [0, 0.05) is 8.31 Å². The summed E-state index contributed by atoms with van der Waals surface area (Å²) in [6.07, 6.45) is 1.35. The molecule has 0 aliphatic carbocycles. The molecular formula is C5H17Si3. The van der Waals surface area contributed by atoms with Crippen LogP contribution in [0.25, 0.3) is 0 Å². The lowest BCUT2D eigenvalue weighted by Gasteiger charge is -2.05. The summed E-state index contributed by atoms with van der Waals surface area (Å²) in [6, 6.07) is 4.18. The van der Waals surface area contributed by atoms with E-state index in [2.05, 4.69) is 19.9 Å². The second-order valence-corrected chi connectivity index (χ2v) is 18.8. The Bertz CT molecular complexity index is 42.9. The van der Waals surface area contributed by atoms with Crippen LogP contribution in [0, 0.1) is 6.04 Å². The Labute approximate surface area is 59.5 Å². The molecule has 0 nitrogen and oxygen atoms in total. The Hall–Kier alpha value is 0.651. The highest BCUT2D eigenvalue weighted by molar-refractivity contribution is 7.32. The van der Waals surface area contributed by atoms with E-state index < -0.39 is 0 Å². The molecule has 0 saturated carbocycles. The van der Waals surface area contributed by atoms with Crippen LogP contribution in [0.4, 0.5) is 0 Å². The van der Waals surface area contributed by atoms with Crippen molar-refractivity contribution in [2.24, 2.45) is 0 Å². The van der Waals surface area contributed by atoms with Crippen molar-refractivity contribution < 1.29 is 0 Å². The number of hydrogen-bond donors (Lipinski definition) is 0. The summed E-state index contributed by atoms with van der Waals surface area (Å²) in [6.45, 7) is 4.65. The fourth-order valence-electron chi connectivity index (χ4n) is 0.955. The van der Waals surface area contributed by atoms with Gasteiger partial charge in [0.25, 0.3) is 0 Å². The van der Waals surface area contributed by atoms with Gasteiger partial charge in [-0.05, 0) is 18.3 Å². The van der Waals surface area contributed by atoms with Crippen molar-refractivity contribution in [1.82, 2.24) is 0 Å². The van der Waals surface area contributed by atoms with Crippen molar-refractivity contribution in [3.05, 3.63) is 6.04 Å². The Kier molecular flexibility index (Phi) is 6.25. The maximum atomic E-state index is 2.64. The minimum Gasteiger partial charge on any atom is -0.0682 e. The monoisotopic (exact) mass is 161 g/mol. The molecule has 0 rings (SSSR count). The third kappa shape index (κ3) is 3.63. The predicted molar refractivity (Wildman–Crippen MR) is 50.7 cm³/mol. The average Bonchev–Trinajstić information content (AvgIpc) is 1.83. The molecule has 1 atom stereocenters. The quantitative estimate of drug-likeness (QED) is 0.480. The van der Waals surface area contributed by atoms with Gasteiger partial charge in [-0.3, -0.25) is 0 Å². The zero-order chi connectivity index (χ0) is 6.41. The first-order valence-electron chi connectivity index (χ1n) is 3.68. The van der Waals surface area contributed by atoms with Crippen LogP contribution in [0.2, 0.25) is 6.04 Å². The van der Waals surface area contributed by atoms with Crippen LogP contribution < -0.4 is 0 Å². The maximum Gasteiger partial charge on any atom is 0.0236 e. The summed E-state index contributed by atoms with van der Waals surface area (Å²) < 4.78 is 0. The van der Waals surface area contributed by atoms with Crippen LogP contribution in [0.15, 0.2) is 0 Å². The first-order valence-corrected chi connectivity index (χ1v) is 14.1. The first kappa shape index (κ1) is 8.65. The molecule has 0 spiro atoms. The highest BCUT2D eigenvalue weighted by Crippen LogP contribution is 1.95. The highest BCUT2D eigenvalue weighted by Gasteiger charge is 2.01. The molecule has 0 aromatic carbocycles. The van der Waals surface area contributed by atoms with Gasteiger partial charge in [-0.25, -0.2) is 0 Å². The van der Waals surface area contributed by atoms with Crippen LogP contribution in [0.3, 0.4) is 0 Å². The molecule has 0 aliphatic rings. The van der Waals surface area contributed by atoms with Gasteiger partial charge in [0.2, 0.25) is 0 Å². The van der Waals surface area contributed by atoms with E-state index in [0.29, 0.717) is 8.55 Å². The second-order valence-electron chi connectivity index (χ2n) is 2.22. The van der Waals surface area contributed by atoms with Gasteiger partial charge in [-0.15, -0.1) is 0 Å². The van der Waals surface area contributed by atoms with Crippen molar-refractivity contribution in [3.63, 3.8) is 0 Å². The van der Waals surface area contributed by atoms with Crippen molar-refractivity contribution in [3.8, 4) is 0 Å². The van der Waals surface area contributed by atoms with Crippen molar-refractivity contribution >= 4 is 26.6 Å². The largest absolute Gasteiger partial charge is 0.0682 e. The molecule has 0 amide bonds. The van der Waals surface area contributed by atoms with Crippen LogP contribution >= 0.6 is 0 Å². The lowest BCUT2D eigenvalue weighted by Crippen LogP contribution is -2.21. The van der Waals surface area contributed by atoms with Crippen LogP contribution in [-0.4, -0.2) is 26.6 Å². The van der Waals surface area contributed by atoms with E-state index in [1.165, 1.54) is 6.42 Å². The summed E-state index contributed by atoms with van der Waals surface area (Å²) in [7, 11) is 1.99. The molecule has 8 heavy (non-hydrogen) atoms. The van der Waals surface area contributed by atoms with E-state index in [1.807, 2.05) is 0 Å².